The molecule has 3 aromatic carbocycles. The molecule has 2 aromatic heterocycles. The van der Waals surface area contributed by atoms with E-state index < -0.39 is 11.6 Å². The number of aromatic nitrogens is 5. The number of aryl methyl sites for hydroxylation is 1. The van der Waals surface area contributed by atoms with Gasteiger partial charge in [-0.1, -0.05) is 78.4 Å². The van der Waals surface area contributed by atoms with E-state index in [0.29, 0.717) is 11.4 Å². The second-order valence-electron chi connectivity index (χ2n) is 10.9. The molecule has 0 aliphatic rings. The molecule has 0 bridgehead atoms. The van der Waals surface area contributed by atoms with Crippen LogP contribution >= 0.6 is 0 Å². The van der Waals surface area contributed by atoms with E-state index in [1.54, 1.807) is 4.90 Å². The lowest BCUT2D eigenvalue weighted by Crippen LogP contribution is -2.49. The van der Waals surface area contributed by atoms with Crippen molar-refractivity contribution in [3.63, 3.8) is 0 Å². The van der Waals surface area contributed by atoms with Crippen LogP contribution in [0.25, 0.3) is 22.3 Å². The highest BCUT2D eigenvalue weighted by atomic mass is 16.2. The Morgan fingerprint density at radius 1 is 0.975 bits per heavy atom. The van der Waals surface area contributed by atoms with Crippen molar-refractivity contribution in [3.8, 4) is 11.4 Å². The van der Waals surface area contributed by atoms with E-state index in [-0.39, 0.29) is 24.9 Å². The molecule has 2 N–H and O–H groups in total. The third-order valence-corrected chi connectivity index (χ3v) is 6.53. The molecule has 2 amide bonds. The Kier molecular flexibility index (Phi) is 7.46. The number of rotatable bonds is 8. The first kappa shape index (κ1) is 26.8. The standard InChI is InChI=1S/C31H33N7O2/c1-21-14-16-23(17-15-21)29-34-36-38(35-29)20-27(39)37(19-22-10-6-5-7-11-22)28(30(40)33-31(2,3)4)25-18-32-26-13-9-8-12-24(25)26/h5-18,28,32H,19-20H2,1-4H3,(H,33,40)/t28-/m0/s1. The SMILES string of the molecule is Cc1ccc(-c2nnn(CC(=O)N(Cc3ccccc3)[C@H](C(=O)NC(C)(C)C)c3c[nH]c4ccccc34)n2)cc1. The molecule has 0 saturated heterocycles. The van der Waals surface area contributed by atoms with Crippen molar-refractivity contribution in [2.75, 3.05) is 0 Å². The molecule has 0 radical (unpaired) electrons. The Hall–Kier alpha value is -4.79. The van der Waals surface area contributed by atoms with Crippen molar-refractivity contribution in [2.24, 2.45) is 0 Å². The number of hydrogen-bond acceptors (Lipinski definition) is 5. The normalized spacial score (nSPS) is 12.3. The summed E-state index contributed by atoms with van der Waals surface area (Å²) in [6, 6.07) is 24.3. The lowest BCUT2D eigenvalue weighted by Gasteiger charge is -2.33. The van der Waals surface area contributed by atoms with Crippen LogP contribution in [0.15, 0.2) is 85.1 Å². The number of carbonyl (C=O) groups excluding carboxylic acids is 2. The molecule has 40 heavy (non-hydrogen) atoms. The summed E-state index contributed by atoms with van der Waals surface area (Å²) in [7, 11) is 0. The van der Waals surface area contributed by atoms with Crippen LogP contribution in [0.1, 0.15) is 43.5 Å². The Labute approximate surface area is 233 Å². The predicted molar refractivity (Wildman–Crippen MR) is 154 cm³/mol. The number of nitrogens with one attached hydrogen (secondary N) is 2. The van der Waals surface area contributed by atoms with Gasteiger partial charge in [-0.25, -0.2) is 0 Å². The lowest BCUT2D eigenvalue weighted by molar-refractivity contribution is -0.143. The number of tetrazole rings is 1. The number of carbonyl (C=O) groups is 2. The van der Waals surface area contributed by atoms with Gasteiger partial charge in [0.2, 0.25) is 17.6 Å². The Balaban J connectivity index is 1.53. The highest BCUT2D eigenvalue weighted by Crippen LogP contribution is 2.31. The number of benzene rings is 3. The maximum absolute atomic E-state index is 14.1. The number of nitrogens with zero attached hydrogens (tertiary/aromatic N) is 5. The van der Waals surface area contributed by atoms with Gasteiger partial charge in [-0.15, -0.1) is 10.2 Å². The highest BCUT2D eigenvalue weighted by molar-refractivity contribution is 5.94. The van der Waals surface area contributed by atoms with E-state index in [1.807, 2.05) is 113 Å². The minimum atomic E-state index is -0.900. The molecule has 9 nitrogen and oxygen atoms in total. The van der Waals surface area contributed by atoms with Crippen LogP contribution in [0, 0.1) is 6.92 Å². The average molecular weight is 536 g/mol. The first-order valence-electron chi connectivity index (χ1n) is 13.2. The molecule has 5 aromatic rings. The summed E-state index contributed by atoms with van der Waals surface area (Å²) >= 11 is 0. The predicted octanol–water partition coefficient (Wildman–Crippen LogP) is 4.81. The number of amides is 2. The van der Waals surface area contributed by atoms with Gasteiger partial charge < -0.3 is 15.2 Å². The van der Waals surface area contributed by atoms with Crippen molar-refractivity contribution >= 4 is 22.7 Å². The summed E-state index contributed by atoms with van der Waals surface area (Å²) in [5, 5.41) is 16.7. The molecule has 2 heterocycles. The van der Waals surface area contributed by atoms with Gasteiger partial charge in [-0.05, 0) is 44.5 Å². The maximum atomic E-state index is 14.1. The molecule has 0 unspecified atom stereocenters. The molecule has 5 rings (SSSR count). The van der Waals surface area contributed by atoms with Crippen molar-refractivity contribution in [1.29, 1.82) is 0 Å². The number of fused-ring (bicyclic) bond motifs is 1. The Morgan fingerprint density at radius 3 is 2.40 bits per heavy atom. The largest absolute Gasteiger partial charge is 0.361 e. The summed E-state index contributed by atoms with van der Waals surface area (Å²) in [6.07, 6.45) is 1.81. The second kappa shape index (κ2) is 11.1. The van der Waals surface area contributed by atoms with E-state index in [1.165, 1.54) is 4.80 Å². The topological polar surface area (TPSA) is 109 Å². The van der Waals surface area contributed by atoms with Crippen LogP contribution in [-0.4, -0.2) is 47.4 Å². The zero-order valence-corrected chi connectivity index (χ0v) is 23.1. The number of hydrogen-bond donors (Lipinski definition) is 2. The fourth-order valence-corrected chi connectivity index (χ4v) is 4.65. The summed E-state index contributed by atoms with van der Waals surface area (Å²) in [4.78, 5) is 34.1. The van der Waals surface area contributed by atoms with Gasteiger partial charge in [-0.3, -0.25) is 9.59 Å². The molecule has 0 saturated carbocycles. The van der Waals surface area contributed by atoms with Crippen LogP contribution in [0.3, 0.4) is 0 Å². The van der Waals surface area contributed by atoms with Gasteiger partial charge >= 0.3 is 0 Å². The molecule has 0 aliphatic heterocycles. The third kappa shape index (κ3) is 6.09. The quantitative estimate of drug-likeness (QED) is 0.296. The van der Waals surface area contributed by atoms with Crippen LogP contribution in [0.2, 0.25) is 0 Å². The van der Waals surface area contributed by atoms with Gasteiger partial charge in [0.25, 0.3) is 0 Å². The molecular weight excluding hydrogens is 502 g/mol. The number of para-hydroxylation sites is 1. The van der Waals surface area contributed by atoms with Crippen LogP contribution in [0.4, 0.5) is 0 Å². The maximum Gasteiger partial charge on any atom is 0.247 e. The summed E-state index contributed by atoms with van der Waals surface area (Å²) in [5.41, 5.74) is 3.94. The minimum absolute atomic E-state index is 0.173. The monoisotopic (exact) mass is 535 g/mol. The van der Waals surface area contributed by atoms with E-state index in [9.17, 15) is 9.59 Å². The second-order valence-corrected chi connectivity index (χ2v) is 10.9. The zero-order chi connectivity index (χ0) is 28.3. The van der Waals surface area contributed by atoms with Gasteiger partial charge in [0.05, 0.1) is 0 Å². The number of aromatic amines is 1. The van der Waals surface area contributed by atoms with Crippen LogP contribution in [-0.2, 0) is 22.7 Å². The van der Waals surface area contributed by atoms with E-state index in [4.69, 9.17) is 0 Å². The smallest absolute Gasteiger partial charge is 0.247 e. The van der Waals surface area contributed by atoms with Crippen molar-refractivity contribution in [1.82, 2.24) is 35.4 Å². The van der Waals surface area contributed by atoms with Crippen molar-refractivity contribution in [2.45, 2.75) is 52.4 Å². The summed E-state index contributed by atoms with van der Waals surface area (Å²) < 4.78 is 0. The molecule has 204 valence electrons. The van der Waals surface area contributed by atoms with Gasteiger partial charge in [0.15, 0.2) is 0 Å². The lowest BCUT2D eigenvalue weighted by atomic mass is 10.00. The molecule has 0 spiro atoms. The van der Waals surface area contributed by atoms with E-state index in [2.05, 4.69) is 25.7 Å². The fourth-order valence-electron chi connectivity index (χ4n) is 4.65. The average Bonchev–Trinajstić information content (AvgIpc) is 3.56. The van der Waals surface area contributed by atoms with E-state index in [0.717, 1.165) is 27.6 Å². The zero-order valence-electron chi connectivity index (χ0n) is 23.1. The fraction of sp³-hybridized carbons (Fsp3) is 0.258. The Morgan fingerprint density at radius 2 is 1.68 bits per heavy atom. The van der Waals surface area contributed by atoms with Crippen molar-refractivity contribution < 1.29 is 9.59 Å². The van der Waals surface area contributed by atoms with Gasteiger partial charge in [0, 0.05) is 40.3 Å². The summed E-state index contributed by atoms with van der Waals surface area (Å²) in [6.45, 7) is 7.83. The molecule has 9 heteroatoms. The first-order chi connectivity index (χ1) is 19.2. The number of H-pyrrole nitrogens is 1. The molecule has 1 atom stereocenters. The minimum Gasteiger partial charge on any atom is -0.361 e. The first-order valence-corrected chi connectivity index (χ1v) is 13.2. The van der Waals surface area contributed by atoms with Crippen molar-refractivity contribution in [3.05, 3.63) is 102 Å². The van der Waals surface area contributed by atoms with Crippen LogP contribution in [0.5, 0.6) is 0 Å². The van der Waals surface area contributed by atoms with Gasteiger partial charge in [0.1, 0.15) is 12.6 Å². The van der Waals surface area contributed by atoms with Gasteiger partial charge in [-0.2, -0.15) is 4.80 Å². The molecule has 0 fully saturated rings. The third-order valence-electron chi connectivity index (χ3n) is 6.53. The summed E-state index contributed by atoms with van der Waals surface area (Å²) in [5.74, 6) is -0.148. The van der Waals surface area contributed by atoms with Crippen LogP contribution < -0.4 is 5.32 Å². The molecule has 0 aliphatic carbocycles. The highest BCUT2D eigenvalue weighted by Gasteiger charge is 2.35. The Bertz CT molecular complexity index is 1620. The van der Waals surface area contributed by atoms with E-state index >= 15 is 0 Å². The molecular formula is C31H33N7O2.